The minimum atomic E-state index is -0.434. The molecule has 26 heavy (non-hydrogen) atoms. The summed E-state index contributed by atoms with van der Waals surface area (Å²) in [5.74, 6) is -0.157. The molecule has 1 heterocycles. The van der Waals surface area contributed by atoms with Gasteiger partial charge in [-0.3, -0.25) is 4.79 Å². The van der Waals surface area contributed by atoms with E-state index in [1.165, 1.54) is 18.3 Å². The predicted octanol–water partition coefficient (Wildman–Crippen LogP) is 4.01. The fraction of sp³-hybridized carbons (Fsp3) is 0.105. The van der Waals surface area contributed by atoms with Gasteiger partial charge < -0.3 is 15.4 Å². The maximum Gasteiger partial charge on any atom is 0.274 e. The number of carbonyl (C=O) groups is 1. The number of aromatic nitrogens is 2. The van der Waals surface area contributed by atoms with Crippen molar-refractivity contribution in [1.29, 1.82) is 0 Å². The molecule has 0 saturated heterocycles. The van der Waals surface area contributed by atoms with Crippen molar-refractivity contribution in [2.45, 2.75) is 6.92 Å². The third-order valence-corrected chi connectivity index (χ3v) is 3.44. The Morgan fingerprint density at radius 1 is 1.08 bits per heavy atom. The smallest absolute Gasteiger partial charge is 0.274 e. The maximum atomic E-state index is 13.7. The molecule has 0 aliphatic heterocycles. The number of amides is 1. The second-order valence-corrected chi connectivity index (χ2v) is 5.25. The molecule has 1 aromatic heterocycles. The molecule has 0 fully saturated rings. The second-order valence-electron chi connectivity index (χ2n) is 5.25. The average molecular weight is 352 g/mol. The predicted molar refractivity (Wildman–Crippen MR) is 97.3 cm³/mol. The second kappa shape index (κ2) is 8.06. The molecule has 0 unspecified atom stereocenters. The number of ether oxygens (including phenoxy) is 1. The topological polar surface area (TPSA) is 76.1 Å². The molecule has 0 radical (unpaired) electrons. The highest BCUT2D eigenvalue weighted by Crippen LogP contribution is 2.24. The van der Waals surface area contributed by atoms with Crippen molar-refractivity contribution in [2.24, 2.45) is 0 Å². The van der Waals surface area contributed by atoms with E-state index in [0.717, 1.165) is 0 Å². The highest BCUT2D eigenvalue weighted by atomic mass is 19.1. The van der Waals surface area contributed by atoms with Crippen LogP contribution in [-0.2, 0) is 0 Å². The Bertz CT molecular complexity index is 917. The molecule has 0 bridgehead atoms. The van der Waals surface area contributed by atoms with Crippen LogP contribution in [0.25, 0.3) is 0 Å². The van der Waals surface area contributed by atoms with E-state index in [-0.39, 0.29) is 17.3 Å². The minimum Gasteiger partial charge on any atom is -0.492 e. The van der Waals surface area contributed by atoms with Crippen molar-refractivity contribution in [3.63, 3.8) is 0 Å². The molecule has 3 rings (SSSR count). The normalized spacial score (nSPS) is 10.2. The van der Waals surface area contributed by atoms with Crippen molar-refractivity contribution in [2.75, 3.05) is 17.2 Å². The zero-order chi connectivity index (χ0) is 18.4. The van der Waals surface area contributed by atoms with E-state index in [0.29, 0.717) is 18.0 Å². The average Bonchev–Trinajstić information content (AvgIpc) is 2.66. The monoisotopic (exact) mass is 352 g/mol. The third kappa shape index (κ3) is 4.13. The standard InChI is InChI=1S/C19H17FN4O2/c1-2-26-17-10-6-5-9-15(17)22-18(25)16-11-12-21-19(24-16)23-14-8-4-3-7-13(14)20/h3-12H,2H2,1H3,(H,22,25)(H,21,23,24). The van der Waals surface area contributed by atoms with Gasteiger partial charge in [0.1, 0.15) is 17.3 Å². The number of rotatable bonds is 6. The summed E-state index contributed by atoms with van der Waals surface area (Å²) in [7, 11) is 0. The number of carbonyl (C=O) groups excluding carboxylic acids is 1. The van der Waals surface area contributed by atoms with E-state index >= 15 is 0 Å². The maximum absolute atomic E-state index is 13.7. The van der Waals surface area contributed by atoms with Crippen LogP contribution in [0.3, 0.4) is 0 Å². The Morgan fingerprint density at radius 3 is 2.58 bits per heavy atom. The molecular weight excluding hydrogens is 335 g/mol. The van der Waals surface area contributed by atoms with E-state index in [4.69, 9.17) is 4.74 Å². The first-order valence-corrected chi connectivity index (χ1v) is 8.05. The number of para-hydroxylation sites is 3. The largest absolute Gasteiger partial charge is 0.492 e. The van der Waals surface area contributed by atoms with Gasteiger partial charge >= 0.3 is 0 Å². The van der Waals surface area contributed by atoms with Crippen LogP contribution in [0.4, 0.5) is 21.7 Å². The van der Waals surface area contributed by atoms with Crippen LogP contribution < -0.4 is 15.4 Å². The third-order valence-electron chi connectivity index (χ3n) is 3.44. The van der Waals surface area contributed by atoms with E-state index < -0.39 is 11.7 Å². The summed E-state index contributed by atoms with van der Waals surface area (Å²) < 4.78 is 19.2. The van der Waals surface area contributed by atoms with Crippen LogP contribution in [0.5, 0.6) is 5.75 Å². The molecule has 7 heteroatoms. The van der Waals surface area contributed by atoms with Crippen LogP contribution in [-0.4, -0.2) is 22.5 Å². The SMILES string of the molecule is CCOc1ccccc1NC(=O)c1ccnc(Nc2ccccc2F)n1. The molecule has 132 valence electrons. The summed E-state index contributed by atoms with van der Waals surface area (Å²) in [6.07, 6.45) is 1.43. The molecule has 0 atom stereocenters. The molecule has 2 aromatic carbocycles. The number of hydrogen-bond donors (Lipinski definition) is 2. The number of hydrogen-bond acceptors (Lipinski definition) is 5. The van der Waals surface area contributed by atoms with Crippen LogP contribution in [0.2, 0.25) is 0 Å². The van der Waals surface area contributed by atoms with Crippen molar-refractivity contribution < 1.29 is 13.9 Å². The molecule has 2 N–H and O–H groups in total. The fourth-order valence-electron chi connectivity index (χ4n) is 2.27. The summed E-state index contributed by atoms with van der Waals surface area (Å²) in [6.45, 7) is 2.35. The summed E-state index contributed by atoms with van der Waals surface area (Å²) in [5.41, 5.74) is 0.915. The van der Waals surface area contributed by atoms with Gasteiger partial charge in [-0.25, -0.2) is 14.4 Å². The Morgan fingerprint density at radius 2 is 1.81 bits per heavy atom. The van der Waals surface area contributed by atoms with Crippen molar-refractivity contribution >= 4 is 23.2 Å². The molecule has 0 saturated carbocycles. The zero-order valence-corrected chi connectivity index (χ0v) is 14.1. The molecule has 0 spiro atoms. The van der Waals surface area contributed by atoms with Crippen LogP contribution in [0, 0.1) is 5.82 Å². The van der Waals surface area contributed by atoms with Crippen molar-refractivity contribution in [3.05, 3.63) is 72.3 Å². The lowest BCUT2D eigenvalue weighted by Crippen LogP contribution is -2.15. The van der Waals surface area contributed by atoms with Gasteiger partial charge in [0.2, 0.25) is 5.95 Å². The Balaban J connectivity index is 1.78. The van der Waals surface area contributed by atoms with Gasteiger partial charge in [0.05, 0.1) is 18.0 Å². The highest BCUT2D eigenvalue weighted by Gasteiger charge is 2.12. The van der Waals surface area contributed by atoms with E-state index in [2.05, 4.69) is 20.6 Å². The Hall–Kier alpha value is -3.48. The first-order chi connectivity index (χ1) is 12.7. The van der Waals surface area contributed by atoms with Gasteiger partial charge in [-0.15, -0.1) is 0 Å². The molecular formula is C19H17FN4O2. The number of nitrogens with zero attached hydrogens (tertiary/aromatic N) is 2. The number of nitrogens with one attached hydrogen (secondary N) is 2. The lowest BCUT2D eigenvalue weighted by molar-refractivity contribution is 0.102. The van der Waals surface area contributed by atoms with Gasteiger partial charge in [0.25, 0.3) is 5.91 Å². The van der Waals surface area contributed by atoms with Crippen molar-refractivity contribution in [1.82, 2.24) is 9.97 Å². The number of halogens is 1. The van der Waals surface area contributed by atoms with E-state index in [1.54, 1.807) is 36.4 Å². The van der Waals surface area contributed by atoms with E-state index in [1.807, 2.05) is 13.0 Å². The van der Waals surface area contributed by atoms with E-state index in [9.17, 15) is 9.18 Å². The lowest BCUT2D eigenvalue weighted by Gasteiger charge is -2.11. The quantitative estimate of drug-likeness (QED) is 0.701. The van der Waals surface area contributed by atoms with Gasteiger partial charge in [-0.2, -0.15) is 0 Å². The van der Waals surface area contributed by atoms with Gasteiger partial charge in [-0.1, -0.05) is 24.3 Å². The summed E-state index contributed by atoms with van der Waals surface area (Å²) in [4.78, 5) is 20.6. The first-order valence-electron chi connectivity index (χ1n) is 8.05. The summed E-state index contributed by atoms with van der Waals surface area (Å²) in [6, 6.07) is 14.8. The van der Waals surface area contributed by atoms with Crippen LogP contribution >= 0.6 is 0 Å². The Kier molecular flexibility index (Phi) is 5.38. The number of anilines is 3. The Labute approximate surface area is 150 Å². The molecule has 0 aliphatic carbocycles. The fourth-order valence-corrected chi connectivity index (χ4v) is 2.27. The van der Waals surface area contributed by atoms with Gasteiger partial charge in [0.15, 0.2) is 0 Å². The van der Waals surface area contributed by atoms with Crippen LogP contribution in [0.15, 0.2) is 60.8 Å². The number of benzene rings is 2. The minimum absolute atomic E-state index is 0.126. The molecule has 0 aliphatic rings. The zero-order valence-electron chi connectivity index (χ0n) is 14.1. The summed E-state index contributed by atoms with van der Waals surface area (Å²) >= 11 is 0. The first kappa shape index (κ1) is 17.3. The van der Waals surface area contributed by atoms with Crippen molar-refractivity contribution in [3.8, 4) is 5.75 Å². The molecule has 1 amide bonds. The lowest BCUT2D eigenvalue weighted by atomic mass is 10.2. The van der Waals surface area contributed by atoms with Gasteiger partial charge in [0, 0.05) is 6.20 Å². The van der Waals surface area contributed by atoms with Crippen LogP contribution in [0.1, 0.15) is 17.4 Å². The summed E-state index contributed by atoms with van der Waals surface area (Å²) in [5, 5.41) is 5.52. The van der Waals surface area contributed by atoms with Gasteiger partial charge in [-0.05, 0) is 37.3 Å². The highest BCUT2D eigenvalue weighted by molar-refractivity contribution is 6.03. The molecule has 3 aromatic rings. The molecule has 6 nitrogen and oxygen atoms in total.